The van der Waals surface area contributed by atoms with E-state index in [2.05, 4.69) is 6.58 Å². The van der Waals surface area contributed by atoms with Gasteiger partial charge in [-0.3, -0.25) is 4.79 Å². The van der Waals surface area contributed by atoms with Gasteiger partial charge in [0.2, 0.25) is 5.75 Å². The quantitative estimate of drug-likeness (QED) is 0.429. The van der Waals surface area contributed by atoms with Crippen LogP contribution in [0.5, 0.6) is 17.2 Å². The van der Waals surface area contributed by atoms with Crippen LogP contribution in [0.3, 0.4) is 0 Å². The Morgan fingerprint density at radius 1 is 0.923 bits per heavy atom. The molecule has 2 aromatic rings. The molecule has 0 saturated carbocycles. The van der Waals surface area contributed by atoms with E-state index < -0.39 is 5.97 Å². The minimum atomic E-state index is -0.528. The summed E-state index contributed by atoms with van der Waals surface area (Å²) < 4.78 is 20.8. The van der Waals surface area contributed by atoms with Gasteiger partial charge in [0.25, 0.3) is 0 Å². The number of rotatable bonds is 7. The predicted octanol–water partition coefficient (Wildman–Crippen LogP) is 3.53. The van der Waals surface area contributed by atoms with E-state index in [4.69, 9.17) is 18.9 Å². The molecule has 0 N–H and O–H groups in total. The number of ketones is 1. The third-order valence-corrected chi connectivity index (χ3v) is 3.87. The van der Waals surface area contributed by atoms with Gasteiger partial charge < -0.3 is 18.9 Å². The molecule has 2 aromatic carbocycles. The van der Waals surface area contributed by atoms with E-state index in [0.717, 1.165) is 0 Å². The fraction of sp³-hybridized carbons (Fsp3) is 0.200. The Morgan fingerprint density at radius 3 is 2.00 bits per heavy atom. The maximum atomic E-state index is 12.3. The van der Waals surface area contributed by atoms with Crippen LogP contribution in [-0.4, -0.2) is 40.2 Å². The van der Waals surface area contributed by atoms with Gasteiger partial charge in [-0.2, -0.15) is 0 Å². The topological polar surface area (TPSA) is 71.1 Å². The number of hydrogen-bond acceptors (Lipinski definition) is 6. The standard InChI is InChI=1S/C20H20O6/c1-6-16(21)15-9-12(20(22)26-5)7-8-14(15)13-10-17(23-2)19(25-4)18(11-13)24-3/h6-11H,1H2,2-5H3. The number of benzene rings is 2. The second-order valence-corrected chi connectivity index (χ2v) is 5.23. The first kappa shape index (κ1) is 19.1. The van der Waals surface area contributed by atoms with Crippen LogP contribution in [0.25, 0.3) is 11.1 Å². The number of ether oxygens (including phenoxy) is 4. The number of carbonyl (C=O) groups is 2. The average molecular weight is 356 g/mol. The number of hydrogen-bond donors (Lipinski definition) is 0. The fourth-order valence-corrected chi connectivity index (χ4v) is 2.59. The summed E-state index contributed by atoms with van der Waals surface area (Å²) in [5, 5.41) is 0. The van der Waals surface area contributed by atoms with Crippen molar-refractivity contribution in [1.82, 2.24) is 0 Å². The van der Waals surface area contributed by atoms with E-state index in [1.165, 1.54) is 40.6 Å². The minimum Gasteiger partial charge on any atom is -0.493 e. The molecule has 0 radical (unpaired) electrons. The number of esters is 1. The molecule has 0 fully saturated rings. The van der Waals surface area contributed by atoms with Gasteiger partial charge in [-0.05, 0) is 41.5 Å². The summed E-state index contributed by atoms with van der Waals surface area (Å²) in [6, 6.07) is 8.20. The maximum Gasteiger partial charge on any atom is 0.337 e. The Kier molecular flexibility index (Phi) is 6.01. The Morgan fingerprint density at radius 2 is 1.54 bits per heavy atom. The normalized spacial score (nSPS) is 10.0. The van der Waals surface area contributed by atoms with Crippen molar-refractivity contribution in [3.05, 3.63) is 54.1 Å². The highest BCUT2D eigenvalue weighted by Gasteiger charge is 2.19. The third-order valence-electron chi connectivity index (χ3n) is 3.87. The molecule has 0 saturated heterocycles. The zero-order valence-corrected chi connectivity index (χ0v) is 15.1. The number of allylic oxidation sites excluding steroid dienone is 1. The van der Waals surface area contributed by atoms with E-state index in [1.807, 2.05) is 0 Å². The van der Waals surface area contributed by atoms with Crippen molar-refractivity contribution in [2.75, 3.05) is 28.4 Å². The van der Waals surface area contributed by atoms with Crippen molar-refractivity contribution >= 4 is 11.8 Å². The van der Waals surface area contributed by atoms with Crippen LogP contribution >= 0.6 is 0 Å². The first-order chi connectivity index (χ1) is 12.5. The molecule has 0 aliphatic carbocycles. The van der Waals surface area contributed by atoms with E-state index >= 15 is 0 Å². The molecule has 0 amide bonds. The van der Waals surface area contributed by atoms with Crippen LogP contribution in [0.2, 0.25) is 0 Å². The lowest BCUT2D eigenvalue weighted by Crippen LogP contribution is -2.05. The first-order valence-electron chi connectivity index (χ1n) is 7.70. The van der Waals surface area contributed by atoms with Gasteiger partial charge in [-0.1, -0.05) is 12.6 Å². The first-order valence-corrected chi connectivity index (χ1v) is 7.70. The molecular formula is C20H20O6. The van der Waals surface area contributed by atoms with Crippen molar-refractivity contribution in [3.63, 3.8) is 0 Å². The Bertz CT molecular complexity index is 828. The lowest BCUT2D eigenvalue weighted by molar-refractivity contribution is 0.0600. The van der Waals surface area contributed by atoms with Gasteiger partial charge in [-0.15, -0.1) is 0 Å². The molecule has 26 heavy (non-hydrogen) atoms. The molecule has 0 aromatic heterocycles. The van der Waals surface area contributed by atoms with E-state index in [1.54, 1.807) is 24.3 Å². The molecule has 0 unspecified atom stereocenters. The van der Waals surface area contributed by atoms with Crippen molar-refractivity contribution < 1.29 is 28.5 Å². The predicted molar refractivity (Wildman–Crippen MR) is 97.4 cm³/mol. The maximum absolute atomic E-state index is 12.3. The Hall–Kier alpha value is -3.28. The van der Waals surface area contributed by atoms with Crippen LogP contribution < -0.4 is 14.2 Å². The van der Waals surface area contributed by atoms with Gasteiger partial charge in [0.1, 0.15) is 0 Å². The molecule has 0 atom stereocenters. The Labute approximate surface area is 151 Å². The van der Waals surface area contributed by atoms with Crippen LogP contribution in [0, 0.1) is 0 Å². The van der Waals surface area contributed by atoms with Gasteiger partial charge in [0, 0.05) is 5.56 Å². The molecule has 6 heteroatoms. The van der Waals surface area contributed by atoms with Gasteiger partial charge in [0.15, 0.2) is 17.3 Å². The van der Waals surface area contributed by atoms with Gasteiger partial charge >= 0.3 is 5.97 Å². The molecule has 0 aliphatic heterocycles. The lowest BCUT2D eigenvalue weighted by atomic mass is 9.94. The molecule has 6 nitrogen and oxygen atoms in total. The number of carbonyl (C=O) groups excluding carboxylic acids is 2. The summed E-state index contributed by atoms with van der Waals surface area (Å²) in [4.78, 5) is 24.1. The lowest BCUT2D eigenvalue weighted by Gasteiger charge is -2.16. The molecule has 0 heterocycles. The van der Waals surface area contributed by atoms with Crippen LogP contribution in [0.15, 0.2) is 43.0 Å². The summed E-state index contributed by atoms with van der Waals surface area (Å²) in [5.74, 6) is 0.507. The molecule has 2 rings (SSSR count). The molecule has 136 valence electrons. The van der Waals surface area contributed by atoms with Gasteiger partial charge in [0.05, 0.1) is 34.0 Å². The highest BCUT2D eigenvalue weighted by molar-refractivity contribution is 6.10. The zero-order valence-electron chi connectivity index (χ0n) is 15.1. The van der Waals surface area contributed by atoms with Crippen molar-refractivity contribution in [2.24, 2.45) is 0 Å². The summed E-state index contributed by atoms with van der Waals surface area (Å²) in [5.41, 5.74) is 1.86. The second kappa shape index (κ2) is 8.20. The molecule has 0 aliphatic rings. The van der Waals surface area contributed by atoms with Crippen molar-refractivity contribution in [3.8, 4) is 28.4 Å². The largest absolute Gasteiger partial charge is 0.493 e. The Balaban J connectivity index is 2.73. The summed E-state index contributed by atoms with van der Waals surface area (Å²) in [6.45, 7) is 3.53. The van der Waals surface area contributed by atoms with Gasteiger partial charge in [-0.25, -0.2) is 4.79 Å². The van der Waals surface area contributed by atoms with Crippen LogP contribution in [0.4, 0.5) is 0 Å². The molecule has 0 bridgehead atoms. The molecule has 0 spiro atoms. The molecular weight excluding hydrogens is 336 g/mol. The smallest absolute Gasteiger partial charge is 0.337 e. The van der Waals surface area contributed by atoms with Crippen LogP contribution in [-0.2, 0) is 4.74 Å². The minimum absolute atomic E-state index is 0.272. The van der Waals surface area contributed by atoms with E-state index in [9.17, 15) is 9.59 Å². The van der Waals surface area contributed by atoms with E-state index in [-0.39, 0.29) is 11.3 Å². The summed E-state index contributed by atoms with van der Waals surface area (Å²) >= 11 is 0. The summed E-state index contributed by atoms with van der Waals surface area (Å²) in [7, 11) is 5.82. The SMILES string of the molecule is C=CC(=O)c1cc(C(=O)OC)ccc1-c1cc(OC)c(OC)c(OC)c1. The zero-order chi connectivity index (χ0) is 19.3. The average Bonchev–Trinajstić information content (AvgIpc) is 2.70. The monoisotopic (exact) mass is 356 g/mol. The highest BCUT2D eigenvalue weighted by Crippen LogP contribution is 2.42. The third kappa shape index (κ3) is 3.54. The number of methoxy groups -OCH3 is 4. The van der Waals surface area contributed by atoms with Crippen LogP contribution in [0.1, 0.15) is 20.7 Å². The second-order valence-electron chi connectivity index (χ2n) is 5.23. The van der Waals surface area contributed by atoms with Crippen molar-refractivity contribution in [1.29, 1.82) is 0 Å². The fourth-order valence-electron chi connectivity index (χ4n) is 2.59. The van der Waals surface area contributed by atoms with E-state index in [0.29, 0.717) is 33.9 Å². The highest BCUT2D eigenvalue weighted by atomic mass is 16.5. The van der Waals surface area contributed by atoms with Crippen molar-refractivity contribution in [2.45, 2.75) is 0 Å². The summed E-state index contributed by atoms with van der Waals surface area (Å²) in [6.07, 6.45) is 1.19.